The zero-order valence-corrected chi connectivity index (χ0v) is 20.2. The molecule has 0 aromatic heterocycles. The average Bonchev–Trinajstić information content (AvgIpc) is 2.65. The summed E-state index contributed by atoms with van der Waals surface area (Å²) in [7, 11) is -4.41. The fourth-order valence-electron chi connectivity index (χ4n) is 3.15. The van der Waals surface area contributed by atoms with Crippen LogP contribution in [0.3, 0.4) is 0 Å². The Labute approximate surface area is 196 Å². The maximum atomic E-state index is 11.8. The van der Waals surface area contributed by atoms with E-state index in [1.165, 1.54) is 68.9 Å². The topological polar surface area (TPSA) is 86.7 Å². The zero-order chi connectivity index (χ0) is 20.4. The Morgan fingerprint density at radius 3 is 2.17 bits per heavy atom. The van der Waals surface area contributed by atoms with Gasteiger partial charge in [0, 0.05) is 0 Å². The van der Waals surface area contributed by atoms with Crippen LogP contribution in [-0.4, -0.2) is 13.0 Å². The molecule has 0 saturated carbocycles. The molecule has 0 atom stereocenters. The van der Waals surface area contributed by atoms with Crippen LogP contribution in [0.15, 0.2) is 47.4 Å². The molecule has 0 saturated heterocycles. The minimum atomic E-state index is -4.41. The predicted octanol–water partition coefficient (Wildman–Crippen LogP) is 2.49. The third-order valence-electron chi connectivity index (χ3n) is 4.69. The van der Waals surface area contributed by atoms with Crippen LogP contribution in [0.2, 0.25) is 0 Å². The van der Waals surface area contributed by atoms with Crippen molar-refractivity contribution in [3.05, 3.63) is 48.0 Å². The molecule has 1 N–H and O–H groups in total. The largest absolute Gasteiger partial charge is 1.00 e. The maximum absolute atomic E-state index is 11.8. The van der Waals surface area contributed by atoms with Crippen molar-refractivity contribution in [3.8, 4) is 17.2 Å². The molecular weight excluding hydrogens is 399 g/mol. The molecule has 0 bridgehead atoms. The molecular formula is C22H29NaO5S. The van der Waals surface area contributed by atoms with Crippen LogP contribution >= 0.6 is 0 Å². The molecule has 2 aromatic carbocycles. The van der Waals surface area contributed by atoms with Crippen molar-refractivity contribution in [3.63, 3.8) is 0 Å². The van der Waals surface area contributed by atoms with E-state index in [1.807, 2.05) is 0 Å². The first-order valence-electron chi connectivity index (χ1n) is 9.96. The summed E-state index contributed by atoms with van der Waals surface area (Å²) >= 11 is 0. The van der Waals surface area contributed by atoms with Crippen molar-refractivity contribution < 1.29 is 52.4 Å². The van der Waals surface area contributed by atoms with Crippen molar-refractivity contribution in [1.82, 2.24) is 0 Å². The number of hydrogen-bond donors (Lipinski definition) is 1. The van der Waals surface area contributed by atoms with E-state index in [-0.39, 0.29) is 46.0 Å². The second-order valence-corrected chi connectivity index (χ2v) is 8.41. The van der Waals surface area contributed by atoms with E-state index in [0.29, 0.717) is 5.75 Å². The Bertz CT molecular complexity index is 852. The maximum Gasteiger partial charge on any atom is 1.00 e. The van der Waals surface area contributed by atoms with E-state index in [9.17, 15) is 18.1 Å². The summed E-state index contributed by atoms with van der Waals surface area (Å²) in [6.07, 6.45) is 10.4. The fourth-order valence-corrected chi connectivity index (χ4v) is 3.77. The summed E-state index contributed by atoms with van der Waals surface area (Å²) in [6.45, 7) is 2.21. The van der Waals surface area contributed by atoms with Gasteiger partial charge in [-0.3, -0.25) is 4.55 Å². The molecule has 0 aliphatic rings. The van der Waals surface area contributed by atoms with Crippen LogP contribution < -0.4 is 39.4 Å². The quantitative estimate of drug-likeness (QED) is 0.319. The van der Waals surface area contributed by atoms with Crippen molar-refractivity contribution >= 4 is 10.1 Å². The number of rotatable bonds is 12. The van der Waals surface area contributed by atoms with Crippen molar-refractivity contribution in [2.45, 2.75) is 69.6 Å². The van der Waals surface area contributed by atoms with E-state index in [0.717, 1.165) is 24.8 Å². The van der Waals surface area contributed by atoms with E-state index in [2.05, 4.69) is 6.92 Å². The van der Waals surface area contributed by atoms with E-state index >= 15 is 0 Å². The molecule has 0 amide bonds. The van der Waals surface area contributed by atoms with E-state index < -0.39 is 10.1 Å². The van der Waals surface area contributed by atoms with Gasteiger partial charge in [0.15, 0.2) is 0 Å². The Hall–Kier alpha value is -1.05. The molecule has 0 heterocycles. The monoisotopic (exact) mass is 428 g/mol. The molecule has 0 aliphatic heterocycles. The van der Waals surface area contributed by atoms with Gasteiger partial charge in [0.25, 0.3) is 10.1 Å². The number of ether oxygens (including phenoxy) is 1. The molecule has 7 heteroatoms. The minimum absolute atomic E-state index is 0. The number of unbranched alkanes of at least 4 members (excludes halogenated alkanes) is 7. The minimum Gasteiger partial charge on any atom is -0.872 e. The molecule has 2 rings (SSSR count). The summed E-state index contributed by atoms with van der Waals surface area (Å²) in [5.74, 6) is 0.137. The Kier molecular flexibility index (Phi) is 11.9. The summed E-state index contributed by atoms with van der Waals surface area (Å²) < 4.78 is 38.2. The standard InChI is InChI=1S/C22H30O5S.Na/c1-2-3-4-5-6-7-8-9-12-18-15-16-19(23)17-21(18)27-20-13-10-11-14-22(20)28(24,25)26;/h10-11,13-17,23H,2-9,12H2,1H3,(H,24,25,26);/q;+1/p-1. The van der Waals surface area contributed by atoms with Crippen molar-refractivity contribution in [2.24, 2.45) is 0 Å². The molecule has 29 heavy (non-hydrogen) atoms. The molecule has 5 nitrogen and oxygen atoms in total. The molecule has 0 fully saturated rings. The van der Waals surface area contributed by atoms with Gasteiger partial charge in [-0.15, -0.1) is 5.75 Å². The Balaban J connectivity index is 0.00000420. The molecule has 2 aromatic rings. The van der Waals surface area contributed by atoms with Crippen LogP contribution in [-0.2, 0) is 16.5 Å². The SMILES string of the molecule is CCCCCCCCCCc1ccc([O-])cc1Oc1ccccc1S(=O)(=O)O.[Na+]. The third kappa shape index (κ3) is 9.09. The number of para-hydroxylation sites is 1. The van der Waals surface area contributed by atoms with Gasteiger partial charge < -0.3 is 9.84 Å². The van der Waals surface area contributed by atoms with Gasteiger partial charge in [-0.25, -0.2) is 0 Å². The second-order valence-electron chi connectivity index (χ2n) is 7.02. The Morgan fingerprint density at radius 1 is 0.897 bits per heavy atom. The van der Waals surface area contributed by atoms with Crippen LogP contribution in [0.4, 0.5) is 0 Å². The summed E-state index contributed by atoms with van der Waals surface area (Å²) in [5, 5.41) is 11.8. The van der Waals surface area contributed by atoms with Gasteiger partial charge in [0.2, 0.25) is 0 Å². The number of aryl methyl sites for hydroxylation is 1. The Morgan fingerprint density at radius 2 is 1.52 bits per heavy atom. The average molecular weight is 429 g/mol. The molecule has 0 aliphatic carbocycles. The fraction of sp³-hybridized carbons (Fsp3) is 0.455. The van der Waals surface area contributed by atoms with Gasteiger partial charge >= 0.3 is 29.6 Å². The van der Waals surface area contributed by atoms with Crippen LogP contribution in [0, 0.1) is 0 Å². The van der Waals surface area contributed by atoms with Gasteiger partial charge in [0.1, 0.15) is 16.4 Å². The molecule has 154 valence electrons. The third-order valence-corrected chi connectivity index (χ3v) is 5.58. The second kappa shape index (κ2) is 13.3. The zero-order valence-electron chi connectivity index (χ0n) is 17.4. The van der Waals surface area contributed by atoms with Gasteiger partial charge in [-0.1, -0.05) is 76.1 Å². The van der Waals surface area contributed by atoms with E-state index in [1.54, 1.807) is 12.1 Å². The van der Waals surface area contributed by atoms with Crippen LogP contribution in [0.5, 0.6) is 17.2 Å². The summed E-state index contributed by atoms with van der Waals surface area (Å²) in [5.41, 5.74) is 0.857. The van der Waals surface area contributed by atoms with Crippen molar-refractivity contribution in [2.75, 3.05) is 0 Å². The first-order valence-corrected chi connectivity index (χ1v) is 11.4. The van der Waals surface area contributed by atoms with Gasteiger partial charge in [-0.2, -0.15) is 8.42 Å². The van der Waals surface area contributed by atoms with Gasteiger partial charge in [0.05, 0.1) is 0 Å². The van der Waals surface area contributed by atoms with Crippen LogP contribution in [0.25, 0.3) is 0 Å². The molecule has 0 spiro atoms. The van der Waals surface area contributed by atoms with E-state index in [4.69, 9.17) is 4.74 Å². The summed E-state index contributed by atoms with van der Waals surface area (Å²) in [4.78, 5) is -0.315. The number of benzene rings is 2. The molecule has 0 unspecified atom stereocenters. The van der Waals surface area contributed by atoms with Gasteiger partial charge in [-0.05, 0) is 36.6 Å². The first kappa shape index (κ1) is 26.0. The number of hydrogen-bond acceptors (Lipinski definition) is 4. The van der Waals surface area contributed by atoms with Crippen LogP contribution in [0.1, 0.15) is 63.9 Å². The first-order chi connectivity index (χ1) is 13.4. The van der Waals surface area contributed by atoms with Crippen molar-refractivity contribution in [1.29, 1.82) is 0 Å². The summed E-state index contributed by atoms with van der Waals surface area (Å²) in [6, 6.07) is 10.4. The predicted molar refractivity (Wildman–Crippen MR) is 109 cm³/mol. The smallest absolute Gasteiger partial charge is 0.872 e. The normalized spacial score (nSPS) is 11.1. The molecule has 0 radical (unpaired) electrons.